The zero-order valence-electron chi connectivity index (χ0n) is 12.5. The van der Waals surface area contributed by atoms with E-state index in [-0.39, 0.29) is 0 Å². The van der Waals surface area contributed by atoms with Gasteiger partial charge in [-0.1, -0.05) is 18.3 Å². The third-order valence-corrected chi connectivity index (χ3v) is 4.24. The van der Waals surface area contributed by atoms with E-state index >= 15 is 0 Å². The lowest BCUT2D eigenvalue weighted by molar-refractivity contribution is 0.502. The molecule has 2 aromatic heterocycles. The molecule has 2 rings (SSSR count). The molecule has 0 aromatic carbocycles. The zero-order chi connectivity index (χ0) is 14.4. The summed E-state index contributed by atoms with van der Waals surface area (Å²) in [6.45, 7) is 5.35. The van der Waals surface area contributed by atoms with Gasteiger partial charge in [0.1, 0.15) is 0 Å². The number of aryl methyl sites for hydroxylation is 3. The average Bonchev–Trinajstić information content (AvgIpc) is 3.07. The van der Waals surface area contributed by atoms with Crippen molar-refractivity contribution in [2.45, 2.75) is 45.6 Å². The first-order chi connectivity index (χ1) is 9.74. The maximum atomic E-state index is 4.23. The molecule has 6 heteroatoms. The van der Waals surface area contributed by atoms with E-state index in [0.29, 0.717) is 6.04 Å². The van der Waals surface area contributed by atoms with Crippen LogP contribution >= 0.6 is 11.5 Å². The Morgan fingerprint density at radius 3 is 2.90 bits per heavy atom. The van der Waals surface area contributed by atoms with Crippen LogP contribution in [0, 0.1) is 0 Å². The van der Waals surface area contributed by atoms with Crippen molar-refractivity contribution in [2.75, 3.05) is 6.54 Å². The highest BCUT2D eigenvalue weighted by molar-refractivity contribution is 7.05. The zero-order valence-corrected chi connectivity index (χ0v) is 13.3. The maximum absolute atomic E-state index is 4.23. The molecule has 110 valence electrons. The lowest BCUT2D eigenvalue weighted by atomic mass is 10.0. The van der Waals surface area contributed by atoms with Gasteiger partial charge in [-0.2, -0.15) is 5.10 Å². The van der Waals surface area contributed by atoms with Crippen LogP contribution < -0.4 is 5.32 Å². The van der Waals surface area contributed by atoms with Gasteiger partial charge in [0.05, 0.1) is 16.8 Å². The van der Waals surface area contributed by atoms with E-state index < -0.39 is 0 Å². The van der Waals surface area contributed by atoms with Crippen LogP contribution in [0.15, 0.2) is 12.4 Å². The highest BCUT2D eigenvalue weighted by Gasteiger charge is 2.18. The van der Waals surface area contributed by atoms with E-state index in [1.807, 2.05) is 17.9 Å². The second-order valence-electron chi connectivity index (χ2n) is 5.01. The molecule has 0 aliphatic carbocycles. The van der Waals surface area contributed by atoms with E-state index in [1.165, 1.54) is 22.0 Å². The summed E-state index contributed by atoms with van der Waals surface area (Å²) < 4.78 is 5.97. The Bertz CT molecular complexity index is 519. The van der Waals surface area contributed by atoms with Crippen LogP contribution in [0.1, 0.15) is 48.9 Å². The molecule has 0 amide bonds. The largest absolute Gasteiger partial charge is 0.309 e. The summed E-state index contributed by atoms with van der Waals surface area (Å²) in [4.78, 5) is 1.30. The van der Waals surface area contributed by atoms with Crippen LogP contribution in [0.4, 0.5) is 0 Å². The van der Waals surface area contributed by atoms with E-state index in [0.717, 1.165) is 37.9 Å². The Balaban J connectivity index is 2.03. The molecule has 0 aliphatic heterocycles. The molecule has 1 unspecified atom stereocenters. The van der Waals surface area contributed by atoms with E-state index in [1.54, 1.807) is 0 Å². The minimum Gasteiger partial charge on any atom is -0.309 e. The molecule has 0 saturated heterocycles. The van der Waals surface area contributed by atoms with Gasteiger partial charge in [-0.25, -0.2) is 0 Å². The Morgan fingerprint density at radius 2 is 2.25 bits per heavy atom. The standard InChI is InChI=1S/C14H23N5S/c1-4-8-15-13(14-12(5-2)17-18-20-14)7-6-11-9-16-19(3)10-11/h9-10,13,15H,4-8H2,1-3H3. The Morgan fingerprint density at radius 1 is 1.40 bits per heavy atom. The van der Waals surface area contributed by atoms with Gasteiger partial charge in [0.2, 0.25) is 0 Å². The summed E-state index contributed by atoms with van der Waals surface area (Å²) in [7, 11) is 1.96. The molecule has 0 spiro atoms. The molecular formula is C14H23N5S. The normalized spacial score (nSPS) is 12.8. The number of nitrogens with zero attached hydrogens (tertiary/aromatic N) is 4. The van der Waals surface area contributed by atoms with Crippen molar-refractivity contribution >= 4 is 11.5 Å². The predicted molar refractivity (Wildman–Crippen MR) is 81.9 cm³/mol. The van der Waals surface area contributed by atoms with Gasteiger partial charge in [-0.05, 0) is 49.3 Å². The molecule has 0 saturated carbocycles. The Kier molecular flexibility index (Phi) is 5.67. The topological polar surface area (TPSA) is 55.6 Å². The van der Waals surface area contributed by atoms with Crippen molar-refractivity contribution in [1.29, 1.82) is 0 Å². The van der Waals surface area contributed by atoms with Crippen molar-refractivity contribution in [3.05, 3.63) is 28.5 Å². The van der Waals surface area contributed by atoms with Gasteiger partial charge in [0.15, 0.2) is 0 Å². The highest BCUT2D eigenvalue weighted by Crippen LogP contribution is 2.25. The second-order valence-corrected chi connectivity index (χ2v) is 5.79. The van der Waals surface area contributed by atoms with Crippen molar-refractivity contribution in [3.63, 3.8) is 0 Å². The van der Waals surface area contributed by atoms with Crippen LogP contribution in [-0.4, -0.2) is 25.9 Å². The van der Waals surface area contributed by atoms with Crippen LogP contribution in [0.3, 0.4) is 0 Å². The number of rotatable bonds is 8. The summed E-state index contributed by atoms with van der Waals surface area (Å²) in [6.07, 6.45) is 8.20. The van der Waals surface area contributed by atoms with Gasteiger partial charge in [0.25, 0.3) is 0 Å². The smallest absolute Gasteiger partial charge is 0.0800 e. The van der Waals surface area contributed by atoms with Crippen LogP contribution in [0.2, 0.25) is 0 Å². The molecule has 2 heterocycles. The molecule has 0 fully saturated rings. The van der Waals surface area contributed by atoms with Crippen LogP contribution in [0.5, 0.6) is 0 Å². The third-order valence-electron chi connectivity index (χ3n) is 3.36. The molecule has 1 N–H and O–H groups in total. The summed E-state index contributed by atoms with van der Waals surface area (Å²) in [6, 6.07) is 0.352. The van der Waals surface area contributed by atoms with Gasteiger partial charge >= 0.3 is 0 Å². The van der Waals surface area contributed by atoms with E-state index in [2.05, 4.69) is 40.0 Å². The summed E-state index contributed by atoms with van der Waals surface area (Å²) in [5, 5.41) is 12.1. The number of hydrogen-bond donors (Lipinski definition) is 1. The lowest BCUT2D eigenvalue weighted by Crippen LogP contribution is -2.22. The molecule has 1 atom stereocenters. The summed E-state index contributed by atoms with van der Waals surface area (Å²) in [5.74, 6) is 0. The lowest BCUT2D eigenvalue weighted by Gasteiger charge is -2.17. The molecule has 2 aromatic rings. The van der Waals surface area contributed by atoms with Crippen molar-refractivity contribution in [3.8, 4) is 0 Å². The van der Waals surface area contributed by atoms with E-state index in [9.17, 15) is 0 Å². The molecular weight excluding hydrogens is 270 g/mol. The number of aromatic nitrogens is 4. The minimum atomic E-state index is 0.352. The van der Waals surface area contributed by atoms with Crippen LogP contribution in [0.25, 0.3) is 0 Å². The molecule has 0 radical (unpaired) electrons. The molecule has 20 heavy (non-hydrogen) atoms. The fourth-order valence-corrected chi connectivity index (χ4v) is 3.13. The van der Waals surface area contributed by atoms with Crippen molar-refractivity contribution in [1.82, 2.24) is 24.7 Å². The number of hydrogen-bond acceptors (Lipinski definition) is 5. The minimum absolute atomic E-state index is 0.352. The first-order valence-electron chi connectivity index (χ1n) is 7.26. The predicted octanol–water partition coefficient (Wildman–Crippen LogP) is 2.51. The van der Waals surface area contributed by atoms with Crippen LogP contribution in [-0.2, 0) is 19.9 Å². The first kappa shape index (κ1) is 15.1. The van der Waals surface area contributed by atoms with Gasteiger partial charge in [-0.3, -0.25) is 4.68 Å². The quantitative estimate of drug-likeness (QED) is 0.812. The molecule has 5 nitrogen and oxygen atoms in total. The third kappa shape index (κ3) is 3.86. The Hall–Kier alpha value is -1.27. The fraction of sp³-hybridized carbons (Fsp3) is 0.643. The molecule has 0 aliphatic rings. The molecule has 0 bridgehead atoms. The van der Waals surface area contributed by atoms with Gasteiger partial charge < -0.3 is 5.32 Å². The van der Waals surface area contributed by atoms with Gasteiger partial charge in [-0.15, -0.1) is 5.10 Å². The second kappa shape index (κ2) is 7.50. The van der Waals surface area contributed by atoms with Gasteiger partial charge in [0, 0.05) is 19.3 Å². The SMILES string of the molecule is CCCNC(CCc1cnn(C)c1)c1snnc1CC. The summed E-state index contributed by atoms with van der Waals surface area (Å²) >= 11 is 1.53. The van der Waals surface area contributed by atoms with Crippen molar-refractivity contribution < 1.29 is 0 Å². The monoisotopic (exact) mass is 293 g/mol. The number of nitrogens with one attached hydrogen (secondary N) is 1. The highest BCUT2D eigenvalue weighted by atomic mass is 32.1. The van der Waals surface area contributed by atoms with Crippen molar-refractivity contribution in [2.24, 2.45) is 7.05 Å². The van der Waals surface area contributed by atoms with E-state index in [4.69, 9.17) is 0 Å². The average molecular weight is 293 g/mol. The Labute approximate surface area is 124 Å². The summed E-state index contributed by atoms with van der Waals surface area (Å²) in [5.41, 5.74) is 2.42. The first-order valence-corrected chi connectivity index (χ1v) is 8.04. The maximum Gasteiger partial charge on any atom is 0.0800 e. The fourth-order valence-electron chi connectivity index (χ4n) is 2.28.